The number of hydrogen-bond acceptors (Lipinski definition) is 2. The Morgan fingerprint density at radius 2 is 2.00 bits per heavy atom. The van der Waals surface area contributed by atoms with Crippen molar-refractivity contribution < 1.29 is 9.90 Å². The van der Waals surface area contributed by atoms with E-state index in [1.165, 1.54) is 0 Å². The van der Waals surface area contributed by atoms with Crippen LogP contribution in [0.15, 0.2) is 0 Å². The van der Waals surface area contributed by atoms with Crippen molar-refractivity contribution in [1.29, 1.82) is 0 Å². The molecule has 88 valence electrons. The Morgan fingerprint density at radius 3 is 2.40 bits per heavy atom. The lowest BCUT2D eigenvalue weighted by atomic mass is 9.90. The highest BCUT2D eigenvalue weighted by atomic mass is 16.3. The highest BCUT2D eigenvalue weighted by Gasteiger charge is 2.49. The van der Waals surface area contributed by atoms with Gasteiger partial charge in [-0.25, -0.2) is 4.79 Å². The summed E-state index contributed by atoms with van der Waals surface area (Å²) in [4.78, 5) is 11.2. The fourth-order valence-electron chi connectivity index (χ4n) is 1.92. The van der Waals surface area contributed by atoms with E-state index in [9.17, 15) is 9.90 Å². The largest absolute Gasteiger partial charge is 0.392 e. The Bertz CT molecular complexity index is 225. The van der Waals surface area contributed by atoms with Crippen LogP contribution in [0, 0.1) is 11.3 Å². The molecule has 1 atom stereocenters. The van der Waals surface area contributed by atoms with E-state index in [2.05, 4.69) is 10.6 Å². The summed E-state index contributed by atoms with van der Waals surface area (Å²) >= 11 is 0. The maximum Gasteiger partial charge on any atom is 0.314 e. The molecule has 0 saturated heterocycles. The van der Waals surface area contributed by atoms with E-state index in [1.807, 2.05) is 20.8 Å². The van der Waals surface area contributed by atoms with Crippen LogP contribution in [0.1, 0.15) is 33.6 Å². The number of nitrogens with one attached hydrogen (secondary N) is 2. The summed E-state index contributed by atoms with van der Waals surface area (Å²) < 4.78 is 0. The minimum absolute atomic E-state index is 0.0563. The lowest BCUT2D eigenvalue weighted by Crippen LogP contribution is -2.42. The van der Waals surface area contributed by atoms with Crippen molar-refractivity contribution in [3.05, 3.63) is 0 Å². The summed E-state index contributed by atoms with van der Waals surface area (Å²) in [5.74, 6) is 0.253. The maximum absolute atomic E-state index is 11.2. The molecule has 1 aliphatic carbocycles. The molecule has 4 heteroatoms. The van der Waals surface area contributed by atoms with Crippen LogP contribution in [0.2, 0.25) is 0 Å². The fourth-order valence-corrected chi connectivity index (χ4v) is 1.92. The molecule has 1 aliphatic rings. The van der Waals surface area contributed by atoms with Crippen molar-refractivity contribution in [2.75, 3.05) is 13.1 Å². The third-order valence-electron chi connectivity index (χ3n) is 3.09. The van der Waals surface area contributed by atoms with Crippen LogP contribution in [0.4, 0.5) is 4.79 Å². The second kappa shape index (κ2) is 4.84. The molecule has 3 N–H and O–H groups in total. The number of carbonyl (C=O) groups is 1. The Kier molecular flexibility index (Phi) is 3.97. The minimum Gasteiger partial charge on any atom is -0.392 e. The lowest BCUT2D eigenvalue weighted by Gasteiger charge is -2.25. The summed E-state index contributed by atoms with van der Waals surface area (Å²) in [7, 11) is 0. The van der Waals surface area contributed by atoms with Crippen molar-refractivity contribution in [2.45, 2.75) is 39.7 Å². The Balaban J connectivity index is 2.34. The van der Waals surface area contributed by atoms with Gasteiger partial charge >= 0.3 is 6.03 Å². The summed E-state index contributed by atoms with van der Waals surface area (Å²) in [5.41, 5.74) is -0.0563. The number of hydrogen-bond donors (Lipinski definition) is 3. The predicted molar refractivity (Wildman–Crippen MR) is 59.6 cm³/mol. The van der Waals surface area contributed by atoms with Crippen LogP contribution in [-0.2, 0) is 0 Å². The van der Waals surface area contributed by atoms with Crippen molar-refractivity contribution in [2.24, 2.45) is 11.3 Å². The zero-order chi connectivity index (χ0) is 11.5. The van der Waals surface area contributed by atoms with E-state index in [4.69, 9.17) is 0 Å². The first-order chi connectivity index (χ1) is 7.02. The summed E-state index contributed by atoms with van der Waals surface area (Å²) in [5, 5.41) is 15.5. The summed E-state index contributed by atoms with van der Waals surface area (Å²) in [6.45, 7) is 7.12. The maximum atomic E-state index is 11.2. The Labute approximate surface area is 91.4 Å². The Hall–Kier alpha value is -0.770. The topological polar surface area (TPSA) is 61.4 Å². The molecule has 15 heavy (non-hydrogen) atoms. The first-order valence-corrected chi connectivity index (χ1v) is 5.71. The molecule has 1 fully saturated rings. The number of amides is 2. The van der Waals surface area contributed by atoms with Gasteiger partial charge < -0.3 is 15.7 Å². The molecule has 0 spiro atoms. The first kappa shape index (κ1) is 12.3. The van der Waals surface area contributed by atoms with Crippen LogP contribution in [-0.4, -0.2) is 30.3 Å². The third kappa shape index (κ3) is 3.09. The fraction of sp³-hybridized carbons (Fsp3) is 0.909. The SMILES string of the molecule is CCNC(=O)NCC1([C@H](O)C(C)C)CC1. The van der Waals surface area contributed by atoms with E-state index in [-0.39, 0.29) is 23.5 Å². The zero-order valence-electron chi connectivity index (χ0n) is 9.84. The molecular weight excluding hydrogens is 192 g/mol. The van der Waals surface area contributed by atoms with E-state index in [1.54, 1.807) is 0 Å². The van der Waals surface area contributed by atoms with Gasteiger partial charge in [0.25, 0.3) is 0 Å². The highest BCUT2D eigenvalue weighted by Crippen LogP contribution is 2.50. The van der Waals surface area contributed by atoms with Crippen LogP contribution >= 0.6 is 0 Å². The first-order valence-electron chi connectivity index (χ1n) is 5.71. The van der Waals surface area contributed by atoms with Crippen LogP contribution in [0.25, 0.3) is 0 Å². The number of aliphatic hydroxyl groups is 1. The van der Waals surface area contributed by atoms with Gasteiger partial charge in [0.2, 0.25) is 0 Å². The van der Waals surface area contributed by atoms with E-state index >= 15 is 0 Å². The smallest absolute Gasteiger partial charge is 0.314 e. The molecule has 1 rings (SSSR count). The summed E-state index contributed by atoms with van der Waals surface area (Å²) in [6.07, 6.45) is 1.72. The lowest BCUT2D eigenvalue weighted by molar-refractivity contribution is 0.0515. The van der Waals surface area contributed by atoms with Crippen LogP contribution < -0.4 is 10.6 Å². The molecule has 4 nitrogen and oxygen atoms in total. The molecule has 2 amide bonds. The molecule has 0 radical (unpaired) electrons. The van der Waals surface area contributed by atoms with Crippen LogP contribution in [0.5, 0.6) is 0 Å². The van der Waals surface area contributed by atoms with Gasteiger partial charge in [0.05, 0.1) is 6.10 Å². The highest BCUT2D eigenvalue weighted by molar-refractivity contribution is 5.73. The third-order valence-corrected chi connectivity index (χ3v) is 3.09. The molecular formula is C11H22N2O2. The van der Waals surface area contributed by atoms with Gasteiger partial charge in [-0.3, -0.25) is 0 Å². The zero-order valence-corrected chi connectivity index (χ0v) is 9.84. The van der Waals surface area contributed by atoms with Gasteiger partial charge in [-0.1, -0.05) is 13.8 Å². The number of carbonyl (C=O) groups excluding carboxylic acids is 1. The molecule has 0 heterocycles. The van der Waals surface area contributed by atoms with E-state index < -0.39 is 0 Å². The Morgan fingerprint density at radius 1 is 1.40 bits per heavy atom. The number of rotatable bonds is 5. The minimum atomic E-state index is -0.306. The van der Waals surface area contributed by atoms with Crippen molar-refractivity contribution in [1.82, 2.24) is 10.6 Å². The second-order valence-electron chi connectivity index (χ2n) is 4.76. The average molecular weight is 214 g/mol. The molecule has 0 aromatic rings. The van der Waals surface area contributed by atoms with Gasteiger partial charge in [-0.2, -0.15) is 0 Å². The average Bonchev–Trinajstić information content (AvgIpc) is 2.95. The van der Waals surface area contributed by atoms with Crippen molar-refractivity contribution in [3.63, 3.8) is 0 Å². The quantitative estimate of drug-likeness (QED) is 0.642. The van der Waals surface area contributed by atoms with Gasteiger partial charge in [0.1, 0.15) is 0 Å². The van der Waals surface area contributed by atoms with Gasteiger partial charge in [-0.15, -0.1) is 0 Å². The van der Waals surface area contributed by atoms with Gasteiger partial charge in [0.15, 0.2) is 0 Å². The number of aliphatic hydroxyl groups excluding tert-OH is 1. The van der Waals surface area contributed by atoms with Gasteiger partial charge in [0, 0.05) is 18.5 Å². The molecule has 0 aliphatic heterocycles. The van der Waals surface area contributed by atoms with Crippen LogP contribution in [0.3, 0.4) is 0 Å². The summed E-state index contributed by atoms with van der Waals surface area (Å²) in [6, 6.07) is -0.139. The molecule has 1 saturated carbocycles. The van der Waals surface area contributed by atoms with Crippen molar-refractivity contribution >= 4 is 6.03 Å². The van der Waals surface area contributed by atoms with E-state index in [0.717, 1.165) is 12.8 Å². The van der Waals surface area contributed by atoms with Gasteiger partial charge in [-0.05, 0) is 25.7 Å². The standard InChI is InChI=1S/C11H22N2O2/c1-4-12-10(15)13-7-11(5-6-11)9(14)8(2)3/h8-9,14H,4-7H2,1-3H3,(H2,12,13,15)/t9-/m1/s1. The molecule has 0 aromatic heterocycles. The molecule has 0 unspecified atom stereocenters. The second-order valence-corrected chi connectivity index (χ2v) is 4.76. The monoisotopic (exact) mass is 214 g/mol. The normalized spacial score (nSPS) is 19.8. The predicted octanol–water partition coefficient (Wildman–Crippen LogP) is 1.10. The van der Waals surface area contributed by atoms with E-state index in [0.29, 0.717) is 13.1 Å². The molecule has 0 aromatic carbocycles. The number of urea groups is 1. The molecule has 0 bridgehead atoms. The van der Waals surface area contributed by atoms with Crippen molar-refractivity contribution in [3.8, 4) is 0 Å².